The number of amides is 2. The Morgan fingerprint density at radius 3 is 2.62 bits per heavy atom. The molecular formula is C16H21N3O2. The number of rotatable bonds is 3. The van der Waals surface area contributed by atoms with Crippen molar-refractivity contribution in [2.24, 2.45) is 11.7 Å². The Bertz CT molecular complexity index is 532. The summed E-state index contributed by atoms with van der Waals surface area (Å²) in [5.41, 5.74) is 6.73. The first-order valence-corrected chi connectivity index (χ1v) is 7.57. The van der Waals surface area contributed by atoms with Gasteiger partial charge >= 0.3 is 0 Å². The van der Waals surface area contributed by atoms with E-state index in [1.807, 2.05) is 30.3 Å². The Kier molecular flexibility index (Phi) is 3.92. The van der Waals surface area contributed by atoms with E-state index in [0.29, 0.717) is 13.0 Å². The maximum Gasteiger partial charge on any atom is 0.249 e. The third-order valence-electron chi connectivity index (χ3n) is 4.43. The molecule has 112 valence electrons. The third kappa shape index (κ3) is 2.93. The van der Waals surface area contributed by atoms with Gasteiger partial charge in [0, 0.05) is 24.2 Å². The molecule has 0 aromatic heterocycles. The molecule has 1 heterocycles. The average Bonchev–Trinajstić information content (AvgIpc) is 3.07. The molecule has 5 heteroatoms. The smallest absolute Gasteiger partial charge is 0.249 e. The molecule has 1 aliphatic heterocycles. The number of nitrogens with two attached hydrogens (primary N) is 1. The molecule has 1 saturated carbocycles. The molecule has 0 spiro atoms. The molecule has 0 radical (unpaired) electrons. The Balaban J connectivity index is 1.61. The zero-order valence-corrected chi connectivity index (χ0v) is 12.0. The van der Waals surface area contributed by atoms with E-state index in [1.54, 1.807) is 4.90 Å². The number of hydrogen-bond donors (Lipinski definition) is 2. The van der Waals surface area contributed by atoms with Crippen LogP contribution in [0.15, 0.2) is 30.3 Å². The molecule has 3 rings (SSSR count). The molecule has 1 aliphatic carbocycles. The number of carbonyl (C=O) groups is 2. The van der Waals surface area contributed by atoms with Gasteiger partial charge in [-0.05, 0) is 37.8 Å². The monoisotopic (exact) mass is 287 g/mol. The first-order valence-electron chi connectivity index (χ1n) is 7.57. The lowest BCUT2D eigenvalue weighted by Gasteiger charge is -2.18. The van der Waals surface area contributed by atoms with Crippen molar-refractivity contribution in [2.45, 2.75) is 37.8 Å². The topological polar surface area (TPSA) is 75.4 Å². The quantitative estimate of drug-likeness (QED) is 0.872. The minimum absolute atomic E-state index is 0.0168. The molecule has 3 unspecified atom stereocenters. The van der Waals surface area contributed by atoms with Crippen LogP contribution >= 0.6 is 0 Å². The van der Waals surface area contributed by atoms with Crippen LogP contribution in [0.5, 0.6) is 0 Å². The van der Waals surface area contributed by atoms with Crippen LogP contribution in [0.3, 0.4) is 0 Å². The number of nitrogens with one attached hydrogen (secondary N) is 1. The van der Waals surface area contributed by atoms with E-state index in [0.717, 1.165) is 24.9 Å². The molecule has 2 amide bonds. The summed E-state index contributed by atoms with van der Waals surface area (Å²) in [7, 11) is 0. The van der Waals surface area contributed by atoms with Crippen LogP contribution in [-0.4, -0.2) is 30.4 Å². The fourth-order valence-electron chi connectivity index (χ4n) is 3.22. The standard InChI is InChI=1S/C16H21N3O2/c17-12-7-6-11(10-12)15(20)18-14-8-9-19(16(14)21)13-4-2-1-3-5-13/h1-5,11-12,14H,6-10,17H2,(H,18,20). The summed E-state index contributed by atoms with van der Waals surface area (Å²) >= 11 is 0. The number of nitrogens with zero attached hydrogens (tertiary/aromatic N) is 1. The fourth-order valence-corrected chi connectivity index (χ4v) is 3.22. The maximum atomic E-state index is 12.4. The van der Waals surface area contributed by atoms with Gasteiger partial charge in [0.25, 0.3) is 0 Å². The Hall–Kier alpha value is -1.88. The molecule has 1 saturated heterocycles. The highest BCUT2D eigenvalue weighted by atomic mass is 16.2. The highest BCUT2D eigenvalue weighted by Crippen LogP contribution is 2.25. The van der Waals surface area contributed by atoms with E-state index in [1.165, 1.54) is 0 Å². The van der Waals surface area contributed by atoms with E-state index < -0.39 is 6.04 Å². The van der Waals surface area contributed by atoms with Crippen LogP contribution in [0.4, 0.5) is 5.69 Å². The first kappa shape index (κ1) is 14.1. The molecule has 1 aromatic carbocycles. The highest BCUT2D eigenvalue weighted by molar-refractivity contribution is 6.01. The Labute approximate surface area is 124 Å². The zero-order chi connectivity index (χ0) is 14.8. The van der Waals surface area contributed by atoms with Gasteiger partial charge in [0.15, 0.2) is 0 Å². The molecule has 21 heavy (non-hydrogen) atoms. The van der Waals surface area contributed by atoms with Gasteiger partial charge in [-0.15, -0.1) is 0 Å². The number of anilines is 1. The van der Waals surface area contributed by atoms with Gasteiger partial charge in [0.2, 0.25) is 11.8 Å². The second-order valence-corrected chi connectivity index (χ2v) is 5.95. The van der Waals surface area contributed by atoms with E-state index in [4.69, 9.17) is 5.73 Å². The van der Waals surface area contributed by atoms with Gasteiger partial charge in [-0.2, -0.15) is 0 Å². The van der Waals surface area contributed by atoms with Crippen molar-refractivity contribution in [1.29, 1.82) is 0 Å². The lowest BCUT2D eigenvalue weighted by atomic mass is 10.1. The van der Waals surface area contributed by atoms with E-state index in [-0.39, 0.29) is 23.8 Å². The van der Waals surface area contributed by atoms with Crippen molar-refractivity contribution in [2.75, 3.05) is 11.4 Å². The normalized spacial score (nSPS) is 28.9. The van der Waals surface area contributed by atoms with Crippen molar-refractivity contribution in [1.82, 2.24) is 5.32 Å². The SMILES string of the molecule is NC1CCC(C(=O)NC2CCN(c3ccccc3)C2=O)C1. The number of carbonyl (C=O) groups excluding carboxylic acids is 2. The van der Waals surface area contributed by atoms with Gasteiger partial charge in [-0.3, -0.25) is 9.59 Å². The highest BCUT2D eigenvalue weighted by Gasteiger charge is 2.36. The minimum Gasteiger partial charge on any atom is -0.344 e. The lowest BCUT2D eigenvalue weighted by molar-refractivity contribution is -0.129. The zero-order valence-electron chi connectivity index (χ0n) is 12.0. The largest absolute Gasteiger partial charge is 0.344 e. The maximum absolute atomic E-state index is 12.4. The number of benzene rings is 1. The molecule has 3 atom stereocenters. The molecule has 3 N–H and O–H groups in total. The van der Waals surface area contributed by atoms with Crippen LogP contribution in [0.2, 0.25) is 0 Å². The molecule has 2 aliphatic rings. The molecular weight excluding hydrogens is 266 g/mol. The van der Waals surface area contributed by atoms with Crippen molar-refractivity contribution in [3.05, 3.63) is 30.3 Å². The lowest BCUT2D eigenvalue weighted by Crippen LogP contribution is -2.43. The second kappa shape index (κ2) is 5.85. The van der Waals surface area contributed by atoms with Gasteiger partial charge in [-0.1, -0.05) is 18.2 Å². The molecule has 1 aromatic rings. The summed E-state index contributed by atoms with van der Waals surface area (Å²) in [5, 5.41) is 2.91. The minimum atomic E-state index is -0.394. The number of hydrogen-bond acceptors (Lipinski definition) is 3. The first-order chi connectivity index (χ1) is 10.1. The van der Waals surface area contributed by atoms with E-state index in [9.17, 15) is 9.59 Å². The van der Waals surface area contributed by atoms with Crippen LogP contribution in [0, 0.1) is 5.92 Å². The summed E-state index contributed by atoms with van der Waals surface area (Å²) in [5.74, 6) is -0.0633. The van der Waals surface area contributed by atoms with Gasteiger partial charge in [0.05, 0.1) is 0 Å². The van der Waals surface area contributed by atoms with Crippen molar-refractivity contribution in [3.8, 4) is 0 Å². The van der Waals surface area contributed by atoms with Gasteiger partial charge in [0.1, 0.15) is 6.04 Å². The van der Waals surface area contributed by atoms with E-state index >= 15 is 0 Å². The Morgan fingerprint density at radius 1 is 1.19 bits per heavy atom. The summed E-state index contributed by atoms with van der Waals surface area (Å²) < 4.78 is 0. The van der Waals surface area contributed by atoms with Crippen LogP contribution in [0.1, 0.15) is 25.7 Å². The summed E-state index contributed by atoms with van der Waals surface area (Å²) in [6, 6.07) is 9.31. The molecule has 0 bridgehead atoms. The van der Waals surface area contributed by atoms with Gasteiger partial charge in [-0.25, -0.2) is 0 Å². The van der Waals surface area contributed by atoms with Crippen molar-refractivity contribution in [3.63, 3.8) is 0 Å². The molecule has 2 fully saturated rings. The average molecular weight is 287 g/mol. The third-order valence-corrected chi connectivity index (χ3v) is 4.43. The summed E-state index contributed by atoms with van der Waals surface area (Å²) in [4.78, 5) is 26.3. The summed E-state index contributed by atoms with van der Waals surface area (Å²) in [6.45, 7) is 0.651. The fraction of sp³-hybridized carbons (Fsp3) is 0.500. The van der Waals surface area contributed by atoms with Crippen LogP contribution in [0.25, 0.3) is 0 Å². The van der Waals surface area contributed by atoms with Crippen LogP contribution < -0.4 is 16.0 Å². The summed E-state index contributed by atoms with van der Waals surface area (Å²) in [6.07, 6.45) is 3.12. The molecule has 5 nitrogen and oxygen atoms in total. The van der Waals surface area contributed by atoms with Crippen molar-refractivity contribution >= 4 is 17.5 Å². The predicted molar refractivity (Wildman–Crippen MR) is 80.7 cm³/mol. The predicted octanol–water partition coefficient (Wildman–Crippen LogP) is 1.04. The second-order valence-electron chi connectivity index (χ2n) is 5.95. The number of para-hydroxylation sites is 1. The van der Waals surface area contributed by atoms with Gasteiger partial charge < -0.3 is 16.0 Å². The Morgan fingerprint density at radius 2 is 1.95 bits per heavy atom. The van der Waals surface area contributed by atoms with Crippen LogP contribution in [-0.2, 0) is 9.59 Å². The van der Waals surface area contributed by atoms with Crippen molar-refractivity contribution < 1.29 is 9.59 Å². The van der Waals surface area contributed by atoms with E-state index in [2.05, 4.69) is 5.32 Å².